The molecule has 0 bridgehead atoms. The second-order valence-corrected chi connectivity index (χ2v) is 5.14. The van der Waals surface area contributed by atoms with Crippen LogP contribution in [-0.4, -0.2) is 12.5 Å². The number of carbonyl (C=O) groups excluding carboxylic acids is 1. The fourth-order valence-corrected chi connectivity index (χ4v) is 2.03. The fourth-order valence-electron chi connectivity index (χ4n) is 2.03. The lowest BCUT2D eigenvalue weighted by Crippen LogP contribution is -2.22. The third kappa shape index (κ3) is 5.34. The summed E-state index contributed by atoms with van der Waals surface area (Å²) in [6, 6.07) is 10.5. The lowest BCUT2D eigenvalue weighted by Gasteiger charge is -2.09. The minimum Gasteiger partial charge on any atom is -0.326 e. The molecule has 1 amide bonds. The molecule has 0 atom stereocenters. The van der Waals surface area contributed by atoms with E-state index < -0.39 is 11.7 Å². The molecule has 0 saturated carbocycles. The Morgan fingerprint density at radius 1 is 1.00 bits per heavy atom. The summed E-state index contributed by atoms with van der Waals surface area (Å²) in [4.78, 5) is 11.7. The summed E-state index contributed by atoms with van der Waals surface area (Å²) in [5, 5.41) is 5.45. The Morgan fingerprint density at radius 3 is 2.29 bits per heavy atom. The number of benzene rings is 2. The van der Waals surface area contributed by atoms with Crippen molar-refractivity contribution >= 4 is 11.6 Å². The molecule has 128 valence electrons. The minimum atomic E-state index is -4.40. The Hall–Kier alpha value is -2.41. The monoisotopic (exact) mass is 340 g/mol. The summed E-state index contributed by atoms with van der Waals surface area (Å²) in [7, 11) is 0. The predicted molar refractivity (Wildman–Crippen MR) is 82.8 cm³/mol. The van der Waals surface area contributed by atoms with Gasteiger partial charge in [0.25, 0.3) is 0 Å². The maximum Gasteiger partial charge on any atom is 0.416 e. The van der Waals surface area contributed by atoms with Crippen LogP contribution in [0.3, 0.4) is 0 Å². The molecule has 24 heavy (non-hydrogen) atoms. The van der Waals surface area contributed by atoms with E-state index in [1.807, 2.05) is 0 Å². The Labute approximate surface area is 136 Å². The number of halogens is 4. The molecule has 0 aromatic heterocycles. The molecule has 2 N–H and O–H groups in total. The molecule has 0 radical (unpaired) electrons. The third-order valence-electron chi connectivity index (χ3n) is 3.30. The van der Waals surface area contributed by atoms with Crippen molar-refractivity contribution in [3.05, 3.63) is 65.5 Å². The van der Waals surface area contributed by atoms with Crippen molar-refractivity contribution in [2.24, 2.45) is 0 Å². The summed E-state index contributed by atoms with van der Waals surface area (Å²) < 4.78 is 50.7. The van der Waals surface area contributed by atoms with Crippen LogP contribution in [0.2, 0.25) is 0 Å². The Kier molecular flexibility index (Phi) is 5.92. The van der Waals surface area contributed by atoms with Crippen molar-refractivity contribution in [2.75, 3.05) is 11.9 Å². The standard InChI is InChI=1S/C17H16F4N2O/c18-15-4-2-1-3-12(15)11-22-10-9-16(24)23-14-7-5-13(6-8-14)17(19,20)21/h1-8,22H,9-11H2,(H,23,24). The molecule has 0 unspecified atom stereocenters. The number of carbonyl (C=O) groups is 1. The fraction of sp³-hybridized carbons (Fsp3) is 0.235. The van der Waals surface area contributed by atoms with E-state index >= 15 is 0 Å². The normalized spacial score (nSPS) is 11.3. The van der Waals surface area contributed by atoms with E-state index in [1.165, 1.54) is 18.2 Å². The van der Waals surface area contributed by atoms with Crippen molar-refractivity contribution in [1.29, 1.82) is 0 Å². The lowest BCUT2D eigenvalue weighted by molar-refractivity contribution is -0.137. The van der Waals surface area contributed by atoms with E-state index in [2.05, 4.69) is 10.6 Å². The number of hydrogen-bond acceptors (Lipinski definition) is 2. The highest BCUT2D eigenvalue weighted by molar-refractivity contribution is 5.90. The first kappa shape index (κ1) is 17.9. The van der Waals surface area contributed by atoms with E-state index in [1.54, 1.807) is 18.2 Å². The van der Waals surface area contributed by atoms with Gasteiger partial charge < -0.3 is 10.6 Å². The number of anilines is 1. The van der Waals surface area contributed by atoms with Crippen LogP contribution in [0.25, 0.3) is 0 Å². The van der Waals surface area contributed by atoms with Crippen molar-refractivity contribution in [3.63, 3.8) is 0 Å². The molecule has 3 nitrogen and oxygen atoms in total. The van der Waals surface area contributed by atoms with Crippen LogP contribution in [0.15, 0.2) is 48.5 Å². The second-order valence-electron chi connectivity index (χ2n) is 5.14. The number of hydrogen-bond donors (Lipinski definition) is 2. The summed E-state index contributed by atoms with van der Waals surface area (Å²) in [6.07, 6.45) is -4.28. The van der Waals surface area contributed by atoms with Crippen LogP contribution in [-0.2, 0) is 17.5 Å². The summed E-state index contributed by atoms with van der Waals surface area (Å²) in [6.45, 7) is 0.612. The highest BCUT2D eigenvalue weighted by atomic mass is 19.4. The lowest BCUT2D eigenvalue weighted by atomic mass is 10.2. The molecule has 0 aliphatic carbocycles. The molecule has 0 spiro atoms. The van der Waals surface area contributed by atoms with Crippen molar-refractivity contribution in [1.82, 2.24) is 5.32 Å². The first-order valence-electron chi connectivity index (χ1n) is 7.27. The SMILES string of the molecule is O=C(CCNCc1ccccc1F)Nc1ccc(C(F)(F)F)cc1. The van der Waals surface area contributed by atoms with Gasteiger partial charge in [-0.05, 0) is 30.3 Å². The van der Waals surface area contributed by atoms with Gasteiger partial charge in [-0.15, -0.1) is 0 Å². The molecule has 0 fully saturated rings. The second kappa shape index (κ2) is 7.92. The summed E-state index contributed by atoms with van der Waals surface area (Å²) >= 11 is 0. The number of amides is 1. The highest BCUT2D eigenvalue weighted by Crippen LogP contribution is 2.29. The van der Waals surface area contributed by atoms with Crippen LogP contribution >= 0.6 is 0 Å². The van der Waals surface area contributed by atoms with Gasteiger partial charge in [-0.25, -0.2) is 4.39 Å². The minimum absolute atomic E-state index is 0.121. The van der Waals surface area contributed by atoms with E-state index in [-0.39, 0.29) is 18.1 Å². The third-order valence-corrected chi connectivity index (χ3v) is 3.30. The summed E-state index contributed by atoms with van der Waals surface area (Å²) in [5.41, 5.74) is 0.0230. The van der Waals surface area contributed by atoms with Crippen molar-refractivity contribution < 1.29 is 22.4 Å². The summed E-state index contributed by atoms with van der Waals surface area (Å²) in [5.74, 6) is -0.657. The van der Waals surface area contributed by atoms with Gasteiger partial charge in [0.1, 0.15) is 5.82 Å². The van der Waals surface area contributed by atoms with Gasteiger partial charge in [-0.3, -0.25) is 4.79 Å². The van der Waals surface area contributed by atoms with Gasteiger partial charge in [0, 0.05) is 30.8 Å². The molecule has 0 aliphatic heterocycles. The van der Waals surface area contributed by atoms with Gasteiger partial charge >= 0.3 is 6.18 Å². The van der Waals surface area contributed by atoms with Crippen LogP contribution in [0.4, 0.5) is 23.2 Å². The van der Waals surface area contributed by atoms with Crippen LogP contribution in [0.5, 0.6) is 0 Å². The van der Waals surface area contributed by atoms with Gasteiger partial charge in [-0.2, -0.15) is 13.2 Å². The molecule has 2 aromatic rings. The maximum absolute atomic E-state index is 13.4. The first-order chi connectivity index (χ1) is 11.4. The smallest absolute Gasteiger partial charge is 0.326 e. The molecule has 0 saturated heterocycles. The quantitative estimate of drug-likeness (QED) is 0.617. The first-order valence-corrected chi connectivity index (χ1v) is 7.27. The molecule has 2 rings (SSSR count). The van der Waals surface area contributed by atoms with E-state index in [0.717, 1.165) is 12.1 Å². The highest BCUT2D eigenvalue weighted by Gasteiger charge is 2.29. The van der Waals surface area contributed by atoms with Gasteiger partial charge in [-0.1, -0.05) is 18.2 Å². The number of alkyl halides is 3. The Balaban J connectivity index is 1.74. The Morgan fingerprint density at radius 2 is 1.67 bits per heavy atom. The van der Waals surface area contributed by atoms with E-state index in [0.29, 0.717) is 24.3 Å². The maximum atomic E-state index is 13.4. The zero-order valence-corrected chi connectivity index (χ0v) is 12.7. The average Bonchev–Trinajstić information content (AvgIpc) is 2.53. The molecule has 7 heteroatoms. The van der Waals surface area contributed by atoms with Crippen LogP contribution in [0.1, 0.15) is 17.5 Å². The van der Waals surface area contributed by atoms with Gasteiger partial charge in [0.2, 0.25) is 5.91 Å². The van der Waals surface area contributed by atoms with Crippen LogP contribution in [0, 0.1) is 5.82 Å². The largest absolute Gasteiger partial charge is 0.416 e. The van der Waals surface area contributed by atoms with Gasteiger partial charge in [0.15, 0.2) is 0 Å². The number of nitrogens with one attached hydrogen (secondary N) is 2. The predicted octanol–water partition coefficient (Wildman–Crippen LogP) is 3.96. The van der Waals surface area contributed by atoms with Crippen LogP contribution < -0.4 is 10.6 Å². The molecule has 2 aromatic carbocycles. The molecule has 0 aliphatic rings. The van der Waals surface area contributed by atoms with Crippen molar-refractivity contribution in [3.8, 4) is 0 Å². The van der Waals surface area contributed by atoms with E-state index in [4.69, 9.17) is 0 Å². The molecular weight excluding hydrogens is 324 g/mol. The average molecular weight is 340 g/mol. The zero-order chi connectivity index (χ0) is 17.6. The zero-order valence-electron chi connectivity index (χ0n) is 12.7. The topological polar surface area (TPSA) is 41.1 Å². The van der Waals surface area contributed by atoms with Gasteiger partial charge in [0.05, 0.1) is 5.56 Å². The van der Waals surface area contributed by atoms with Crippen molar-refractivity contribution in [2.45, 2.75) is 19.1 Å². The Bertz CT molecular complexity index is 684. The molecule has 0 heterocycles. The van der Waals surface area contributed by atoms with E-state index in [9.17, 15) is 22.4 Å². The number of rotatable bonds is 6. The molecular formula is C17H16F4N2O.